The Labute approximate surface area is 238 Å². The highest BCUT2D eigenvalue weighted by molar-refractivity contribution is 7.26. The van der Waals surface area contributed by atoms with Gasteiger partial charge in [-0.2, -0.15) is 0 Å². The van der Waals surface area contributed by atoms with E-state index < -0.39 is 0 Å². The first kappa shape index (κ1) is 21.7. The van der Waals surface area contributed by atoms with Crippen molar-refractivity contribution < 1.29 is 4.42 Å². The number of thiophene rings is 1. The molecule has 190 valence electrons. The van der Waals surface area contributed by atoms with Gasteiger partial charge in [0.05, 0.1) is 11.0 Å². The topological polar surface area (TPSA) is 18.1 Å². The van der Waals surface area contributed by atoms with E-state index in [1.165, 1.54) is 63.5 Å². The van der Waals surface area contributed by atoms with E-state index in [1.807, 2.05) is 11.3 Å². The molecule has 0 aliphatic carbocycles. The number of furan rings is 1. The van der Waals surface area contributed by atoms with Gasteiger partial charge in [0, 0.05) is 47.4 Å². The Balaban J connectivity index is 1.30. The van der Waals surface area contributed by atoms with Gasteiger partial charge in [-0.15, -0.1) is 11.3 Å². The van der Waals surface area contributed by atoms with E-state index in [4.69, 9.17) is 4.42 Å². The minimum absolute atomic E-state index is 0.915. The molecule has 0 radical (unpaired) electrons. The minimum Gasteiger partial charge on any atom is -0.456 e. The fraction of sp³-hybridized carbons (Fsp3) is 0. The lowest BCUT2D eigenvalue weighted by molar-refractivity contribution is 0.669. The molecule has 0 fully saturated rings. The third-order valence-electron chi connectivity index (χ3n) is 8.74. The quantitative estimate of drug-likeness (QED) is 0.203. The Bertz CT molecular complexity index is 2700. The number of hydrogen-bond donors (Lipinski definition) is 0. The van der Waals surface area contributed by atoms with Crippen LogP contribution in [-0.4, -0.2) is 4.57 Å². The Morgan fingerprint density at radius 1 is 0.439 bits per heavy atom. The monoisotopic (exact) mass is 539 g/mol. The average Bonchev–Trinajstić information content (AvgIpc) is 3.67. The molecule has 7 aromatic carbocycles. The van der Waals surface area contributed by atoms with Gasteiger partial charge < -0.3 is 8.98 Å². The van der Waals surface area contributed by atoms with Crippen molar-refractivity contribution in [1.29, 1.82) is 0 Å². The van der Waals surface area contributed by atoms with Gasteiger partial charge in [-0.05, 0) is 70.1 Å². The molecule has 0 atom stereocenters. The number of hydrogen-bond acceptors (Lipinski definition) is 2. The molecule has 0 saturated heterocycles. The van der Waals surface area contributed by atoms with Crippen LogP contribution in [0.1, 0.15) is 0 Å². The standard InChI is InChI=1S/C38H21NOS/c1-2-9-24-18-36-30(17-23(24)8-1)31-19-25(14-16-35(31)40-36)39-33-12-6-5-11-27(33)29-21-37-32(20-34(29)39)28-15-13-22-7-3-4-10-26(22)38(28)41-37/h1-21H. The van der Waals surface area contributed by atoms with Gasteiger partial charge in [0.1, 0.15) is 11.2 Å². The van der Waals surface area contributed by atoms with E-state index in [0.717, 1.165) is 27.6 Å². The van der Waals surface area contributed by atoms with Crippen LogP contribution in [-0.2, 0) is 0 Å². The summed E-state index contributed by atoms with van der Waals surface area (Å²) in [6.45, 7) is 0. The van der Waals surface area contributed by atoms with Crippen LogP contribution in [0.3, 0.4) is 0 Å². The zero-order chi connectivity index (χ0) is 26.7. The van der Waals surface area contributed by atoms with Gasteiger partial charge in [-0.1, -0.05) is 78.9 Å². The second-order valence-corrected chi connectivity index (χ2v) is 12.0. The van der Waals surface area contributed by atoms with Crippen LogP contribution in [0, 0.1) is 0 Å². The van der Waals surface area contributed by atoms with Crippen molar-refractivity contribution in [2.45, 2.75) is 0 Å². The molecule has 0 N–H and O–H groups in total. The van der Waals surface area contributed by atoms with Crippen LogP contribution in [0.15, 0.2) is 132 Å². The van der Waals surface area contributed by atoms with Gasteiger partial charge >= 0.3 is 0 Å². The van der Waals surface area contributed by atoms with Crippen LogP contribution in [0.25, 0.3) is 91.1 Å². The molecule has 10 aromatic rings. The van der Waals surface area contributed by atoms with Crippen LogP contribution >= 0.6 is 11.3 Å². The molecular formula is C38H21NOS. The second-order valence-electron chi connectivity index (χ2n) is 11.0. The Morgan fingerprint density at radius 3 is 2.10 bits per heavy atom. The maximum Gasteiger partial charge on any atom is 0.136 e. The first-order valence-electron chi connectivity index (χ1n) is 13.9. The summed E-state index contributed by atoms with van der Waals surface area (Å²) in [5.41, 5.74) is 5.43. The summed E-state index contributed by atoms with van der Waals surface area (Å²) in [5, 5.41) is 12.5. The van der Waals surface area contributed by atoms with E-state index in [1.54, 1.807) is 0 Å². The largest absolute Gasteiger partial charge is 0.456 e. The summed E-state index contributed by atoms with van der Waals surface area (Å²) >= 11 is 1.90. The summed E-state index contributed by atoms with van der Waals surface area (Å²) in [5.74, 6) is 0. The molecule has 0 spiro atoms. The molecule has 0 amide bonds. The molecule has 41 heavy (non-hydrogen) atoms. The van der Waals surface area contributed by atoms with Crippen molar-refractivity contribution in [3.8, 4) is 5.69 Å². The maximum atomic E-state index is 6.33. The van der Waals surface area contributed by atoms with Crippen LogP contribution in [0.4, 0.5) is 0 Å². The zero-order valence-corrected chi connectivity index (χ0v) is 22.7. The zero-order valence-electron chi connectivity index (χ0n) is 21.9. The number of benzene rings is 7. The van der Waals surface area contributed by atoms with Gasteiger partial charge in [0.25, 0.3) is 0 Å². The molecule has 0 aliphatic rings. The number of rotatable bonds is 1. The maximum absolute atomic E-state index is 6.33. The summed E-state index contributed by atoms with van der Waals surface area (Å²) < 4.78 is 11.4. The highest BCUT2D eigenvalue weighted by Gasteiger charge is 2.17. The molecule has 3 heteroatoms. The molecule has 0 aliphatic heterocycles. The van der Waals surface area contributed by atoms with Crippen LogP contribution in [0.5, 0.6) is 0 Å². The third-order valence-corrected chi connectivity index (χ3v) is 9.94. The normalized spacial score (nSPS) is 12.4. The summed E-state index contributed by atoms with van der Waals surface area (Å²) in [7, 11) is 0. The SMILES string of the molecule is c1ccc2cc3c(cc2c1)oc1ccc(-n2c4ccccc4c4cc5sc6c7ccccc7ccc6c5cc42)cc13. The van der Waals surface area contributed by atoms with Crippen molar-refractivity contribution in [2.24, 2.45) is 0 Å². The molecule has 0 saturated carbocycles. The summed E-state index contributed by atoms with van der Waals surface area (Å²) in [6.07, 6.45) is 0. The third kappa shape index (κ3) is 2.91. The number of aromatic nitrogens is 1. The lowest BCUT2D eigenvalue weighted by Gasteiger charge is -2.08. The highest BCUT2D eigenvalue weighted by Crippen LogP contribution is 2.43. The fourth-order valence-electron chi connectivity index (χ4n) is 6.83. The second kappa shape index (κ2) is 7.75. The molecule has 10 rings (SSSR count). The van der Waals surface area contributed by atoms with E-state index >= 15 is 0 Å². The van der Waals surface area contributed by atoms with Crippen molar-refractivity contribution in [3.05, 3.63) is 127 Å². The molecule has 3 heterocycles. The van der Waals surface area contributed by atoms with E-state index in [-0.39, 0.29) is 0 Å². The molecular weight excluding hydrogens is 518 g/mol. The molecule has 2 nitrogen and oxygen atoms in total. The van der Waals surface area contributed by atoms with E-state index in [0.29, 0.717) is 0 Å². The van der Waals surface area contributed by atoms with Gasteiger partial charge in [-0.25, -0.2) is 0 Å². The highest BCUT2D eigenvalue weighted by atomic mass is 32.1. The van der Waals surface area contributed by atoms with E-state index in [9.17, 15) is 0 Å². The summed E-state index contributed by atoms with van der Waals surface area (Å²) in [4.78, 5) is 0. The predicted octanol–water partition coefficient (Wildman–Crippen LogP) is 11.4. The first-order chi connectivity index (χ1) is 20.3. The van der Waals surface area contributed by atoms with Crippen molar-refractivity contribution in [2.75, 3.05) is 0 Å². The van der Waals surface area contributed by atoms with Crippen molar-refractivity contribution >= 4 is 96.8 Å². The molecule has 0 bridgehead atoms. The molecule has 0 unspecified atom stereocenters. The van der Waals surface area contributed by atoms with Gasteiger partial charge in [0.15, 0.2) is 0 Å². The van der Waals surface area contributed by atoms with Crippen LogP contribution < -0.4 is 0 Å². The Hall–Kier alpha value is -5.12. The van der Waals surface area contributed by atoms with Gasteiger partial charge in [0.2, 0.25) is 0 Å². The average molecular weight is 540 g/mol. The Morgan fingerprint density at radius 2 is 1.20 bits per heavy atom. The van der Waals surface area contributed by atoms with Crippen molar-refractivity contribution in [3.63, 3.8) is 0 Å². The fourth-order valence-corrected chi connectivity index (χ4v) is 8.09. The lowest BCUT2D eigenvalue weighted by Crippen LogP contribution is -1.93. The summed E-state index contributed by atoms with van der Waals surface area (Å²) in [6, 6.07) is 46.4. The van der Waals surface area contributed by atoms with Crippen molar-refractivity contribution in [1.82, 2.24) is 4.57 Å². The Kier molecular flexibility index (Phi) is 4.10. The predicted molar refractivity (Wildman–Crippen MR) is 176 cm³/mol. The minimum atomic E-state index is 0.915. The number of para-hydroxylation sites is 1. The first-order valence-corrected chi connectivity index (χ1v) is 14.7. The smallest absolute Gasteiger partial charge is 0.136 e. The van der Waals surface area contributed by atoms with Crippen LogP contribution in [0.2, 0.25) is 0 Å². The van der Waals surface area contributed by atoms with E-state index in [2.05, 4.69) is 132 Å². The lowest BCUT2D eigenvalue weighted by atomic mass is 10.0. The van der Waals surface area contributed by atoms with Gasteiger partial charge in [-0.3, -0.25) is 0 Å². The number of fused-ring (bicyclic) bond motifs is 12. The number of nitrogens with zero attached hydrogens (tertiary/aromatic N) is 1. The molecule has 3 aromatic heterocycles.